The number of likely N-dealkylation sites (N-methyl/N-ethyl adjacent to an activating group) is 1. The van der Waals surface area contributed by atoms with Crippen LogP contribution in [0, 0.1) is 5.41 Å². The third-order valence-corrected chi connectivity index (χ3v) is 4.64. The van der Waals surface area contributed by atoms with Crippen LogP contribution in [0.15, 0.2) is 24.3 Å². The fraction of sp³-hybridized carbons (Fsp3) is 0.667. The van der Waals surface area contributed by atoms with Gasteiger partial charge in [0, 0.05) is 18.1 Å². The van der Waals surface area contributed by atoms with Crippen LogP contribution in [0.25, 0.3) is 0 Å². The van der Waals surface area contributed by atoms with Gasteiger partial charge in [0.15, 0.2) is 0 Å². The molecule has 21 heavy (non-hydrogen) atoms. The van der Waals surface area contributed by atoms with Gasteiger partial charge < -0.3 is 10.5 Å². The normalized spacial score (nSPS) is 16.6. The van der Waals surface area contributed by atoms with Crippen molar-refractivity contribution in [3.05, 3.63) is 29.8 Å². The first-order valence-electron chi connectivity index (χ1n) is 7.83. The highest BCUT2D eigenvalue weighted by Gasteiger charge is 2.32. The van der Waals surface area contributed by atoms with Crippen molar-refractivity contribution in [2.75, 3.05) is 14.2 Å². The molecule has 3 atom stereocenters. The third kappa shape index (κ3) is 4.45. The Morgan fingerprint density at radius 1 is 1.19 bits per heavy atom. The zero-order chi connectivity index (χ0) is 16.2. The van der Waals surface area contributed by atoms with Gasteiger partial charge in [-0.3, -0.25) is 4.90 Å². The Hall–Kier alpha value is -1.06. The minimum atomic E-state index is 0.119. The molecule has 0 bridgehead atoms. The maximum Gasteiger partial charge on any atom is 0.118 e. The fourth-order valence-electron chi connectivity index (χ4n) is 2.66. The molecule has 0 saturated heterocycles. The van der Waals surface area contributed by atoms with Crippen LogP contribution in [0.2, 0.25) is 0 Å². The molecule has 0 aliphatic rings. The summed E-state index contributed by atoms with van der Waals surface area (Å²) < 4.78 is 5.25. The van der Waals surface area contributed by atoms with E-state index in [0.29, 0.717) is 6.04 Å². The summed E-state index contributed by atoms with van der Waals surface area (Å²) in [5.41, 5.74) is 7.90. The quantitative estimate of drug-likeness (QED) is 0.865. The van der Waals surface area contributed by atoms with Gasteiger partial charge in [0.05, 0.1) is 7.11 Å². The highest BCUT2D eigenvalue weighted by molar-refractivity contribution is 5.30. The SMILES string of the molecule is CCC(N)C(c1ccc(OC)cc1)N(C)C(C)C(C)(C)C. The predicted octanol–water partition coefficient (Wildman–Crippen LogP) is 3.84. The van der Waals surface area contributed by atoms with Crippen LogP contribution in [0.1, 0.15) is 52.6 Å². The zero-order valence-corrected chi connectivity index (χ0v) is 14.7. The molecule has 0 fully saturated rings. The van der Waals surface area contributed by atoms with Crippen LogP contribution in [0.3, 0.4) is 0 Å². The Morgan fingerprint density at radius 2 is 1.71 bits per heavy atom. The van der Waals surface area contributed by atoms with E-state index in [2.05, 4.69) is 58.7 Å². The zero-order valence-electron chi connectivity index (χ0n) is 14.7. The van der Waals surface area contributed by atoms with Gasteiger partial charge in [-0.25, -0.2) is 0 Å². The molecule has 0 aliphatic carbocycles. The van der Waals surface area contributed by atoms with Gasteiger partial charge in [-0.05, 0) is 43.5 Å². The molecule has 0 radical (unpaired) electrons. The summed E-state index contributed by atoms with van der Waals surface area (Å²) in [6.07, 6.45) is 0.956. The van der Waals surface area contributed by atoms with E-state index in [4.69, 9.17) is 10.5 Å². The summed E-state index contributed by atoms with van der Waals surface area (Å²) in [6, 6.07) is 9.06. The largest absolute Gasteiger partial charge is 0.497 e. The first-order chi connectivity index (χ1) is 9.72. The van der Waals surface area contributed by atoms with Crippen molar-refractivity contribution >= 4 is 0 Å². The number of nitrogens with zero attached hydrogens (tertiary/aromatic N) is 1. The number of rotatable bonds is 6. The van der Waals surface area contributed by atoms with Crippen molar-refractivity contribution in [2.45, 2.75) is 59.2 Å². The summed E-state index contributed by atoms with van der Waals surface area (Å²) in [5.74, 6) is 0.883. The number of hydrogen-bond acceptors (Lipinski definition) is 3. The Labute approximate surface area is 130 Å². The van der Waals surface area contributed by atoms with E-state index < -0.39 is 0 Å². The molecule has 0 heterocycles. The van der Waals surface area contributed by atoms with E-state index >= 15 is 0 Å². The molecular weight excluding hydrogens is 260 g/mol. The van der Waals surface area contributed by atoms with Crippen molar-refractivity contribution in [1.82, 2.24) is 4.90 Å². The number of nitrogens with two attached hydrogens (primary N) is 1. The monoisotopic (exact) mass is 292 g/mol. The molecule has 3 heteroatoms. The Kier molecular flexibility index (Phi) is 6.24. The van der Waals surface area contributed by atoms with Crippen molar-refractivity contribution in [1.29, 1.82) is 0 Å². The molecule has 1 aromatic rings. The first-order valence-corrected chi connectivity index (χ1v) is 7.83. The predicted molar refractivity (Wildman–Crippen MR) is 90.7 cm³/mol. The lowest BCUT2D eigenvalue weighted by Gasteiger charge is -2.42. The van der Waals surface area contributed by atoms with Crippen LogP contribution in [-0.4, -0.2) is 31.1 Å². The fourth-order valence-corrected chi connectivity index (χ4v) is 2.66. The average Bonchev–Trinajstić information content (AvgIpc) is 2.46. The van der Waals surface area contributed by atoms with Crippen LogP contribution < -0.4 is 10.5 Å². The van der Waals surface area contributed by atoms with Gasteiger partial charge in [0.25, 0.3) is 0 Å². The molecule has 0 spiro atoms. The maximum atomic E-state index is 6.43. The lowest BCUT2D eigenvalue weighted by atomic mass is 9.84. The lowest BCUT2D eigenvalue weighted by molar-refractivity contribution is 0.0831. The van der Waals surface area contributed by atoms with Crippen LogP contribution >= 0.6 is 0 Å². The summed E-state index contributed by atoms with van der Waals surface area (Å²) in [5, 5.41) is 0. The molecule has 3 unspecified atom stereocenters. The van der Waals surface area contributed by atoms with Gasteiger partial charge in [0.2, 0.25) is 0 Å². The third-order valence-electron chi connectivity index (χ3n) is 4.64. The smallest absolute Gasteiger partial charge is 0.118 e. The van der Waals surface area contributed by atoms with Gasteiger partial charge in [-0.15, -0.1) is 0 Å². The summed E-state index contributed by atoms with van der Waals surface area (Å²) >= 11 is 0. The molecule has 2 N–H and O–H groups in total. The van der Waals surface area contributed by atoms with Crippen LogP contribution in [0.4, 0.5) is 0 Å². The van der Waals surface area contributed by atoms with E-state index in [1.54, 1.807) is 7.11 Å². The van der Waals surface area contributed by atoms with Crippen molar-refractivity contribution in [3.8, 4) is 5.75 Å². The Balaban J connectivity index is 3.10. The molecule has 0 aromatic heterocycles. The van der Waals surface area contributed by atoms with E-state index in [1.165, 1.54) is 5.56 Å². The summed E-state index contributed by atoms with van der Waals surface area (Å²) in [6.45, 7) is 11.2. The molecule has 1 rings (SSSR count). The van der Waals surface area contributed by atoms with Crippen molar-refractivity contribution < 1.29 is 4.74 Å². The minimum absolute atomic E-state index is 0.119. The van der Waals surface area contributed by atoms with Gasteiger partial charge in [0.1, 0.15) is 5.75 Å². The van der Waals surface area contributed by atoms with Crippen LogP contribution in [0.5, 0.6) is 5.75 Å². The molecule has 0 aliphatic heterocycles. The van der Waals surface area contributed by atoms with Crippen LogP contribution in [-0.2, 0) is 0 Å². The molecule has 0 amide bonds. The summed E-state index contributed by atoms with van der Waals surface area (Å²) in [7, 11) is 3.87. The van der Waals surface area contributed by atoms with E-state index in [-0.39, 0.29) is 17.5 Å². The van der Waals surface area contributed by atoms with Crippen molar-refractivity contribution in [2.24, 2.45) is 11.1 Å². The lowest BCUT2D eigenvalue weighted by Crippen LogP contribution is -2.47. The number of methoxy groups -OCH3 is 1. The second-order valence-corrected chi connectivity index (χ2v) is 7.00. The Bertz CT molecular complexity index is 422. The highest BCUT2D eigenvalue weighted by Crippen LogP contribution is 2.32. The first kappa shape index (κ1) is 18.0. The van der Waals surface area contributed by atoms with E-state index in [0.717, 1.165) is 12.2 Å². The molecular formula is C18H32N2O. The number of benzene rings is 1. The van der Waals surface area contributed by atoms with Gasteiger partial charge in [-0.2, -0.15) is 0 Å². The van der Waals surface area contributed by atoms with E-state index in [1.807, 2.05) is 12.1 Å². The van der Waals surface area contributed by atoms with Gasteiger partial charge in [-0.1, -0.05) is 39.8 Å². The average molecular weight is 292 g/mol. The standard InChI is InChI=1S/C18H32N2O/c1-8-16(19)17(20(6)13(2)18(3,4)5)14-9-11-15(21-7)12-10-14/h9-13,16-17H,8,19H2,1-7H3. The summed E-state index contributed by atoms with van der Waals surface area (Å²) in [4.78, 5) is 2.41. The number of ether oxygens (including phenoxy) is 1. The molecule has 3 nitrogen and oxygen atoms in total. The molecule has 120 valence electrons. The van der Waals surface area contributed by atoms with Crippen molar-refractivity contribution in [3.63, 3.8) is 0 Å². The Morgan fingerprint density at radius 3 is 2.10 bits per heavy atom. The maximum absolute atomic E-state index is 6.43. The molecule has 0 saturated carbocycles. The van der Waals surface area contributed by atoms with E-state index in [9.17, 15) is 0 Å². The topological polar surface area (TPSA) is 38.5 Å². The van der Waals surface area contributed by atoms with Gasteiger partial charge >= 0.3 is 0 Å². The minimum Gasteiger partial charge on any atom is -0.497 e. The second-order valence-electron chi connectivity index (χ2n) is 7.00. The highest BCUT2D eigenvalue weighted by atomic mass is 16.5. The number of hydrogen-bond donors (Lipinski definition) is 1. The second kappa shape index (κ2) is 7.28. The molecule has 1 aromatic carbocycles.